The molecule has 18 heavy (non-hydrogen) atoms. The Kier molecular flexibility index (Phi) is 3.32. The number of morpholine rings is 1. The fraction of sp³-hybridized carbons (Fsp3) is 0.333. The van der Waals surface area contributed by atoms with Crippen molar-refractivity contribution < 1.29 is 4.74 Å². The molecule has 1 aromatic heterocycles. The highest BCUT2D eigenvalue weighted by atomic mass is 79.9. The van der Waals surface area contributed by atoms with Crippen LogP contribution in [0.1, 0.15) is 0 Å². The first-order valence-corrected chi connectivity index (χ1v) is 6.96. The number of H-pyrrole nitrogens is 1. The molecule has 0 bridgehead atoms. The van der Waals surface area contributed by atoms with Crippen molar-refractivity contribution in [3.63, 3.8) is 0 Å². The Morgan fingerprint density at radius 2 is 2.11 bits per heavy atom. The van der Waals surface area contributed by atoms with Crippen molar-refractivity contribution in [2.75, 3.05) is 31.2 Å². The van der Waals surface area contributed by atoms with Crippen molar-refractivity contribution in [1.29, 1.82) is 0 Å². The quantitative estimate of drug-likeness (QED) is 0.818. The van der Waals surface area contributed by atoms with Crippen LogP contribution in [-0.2, 0) is 4.74 Å². The Morgan fingerprint density at radius 1 is 1.33 bits per heavy atom. The molecule has 0 atom stereocenters. The average Bonchev–Trinajstić information content (AvgIpc) is 2.40. The molecule has 1 fully saturated rings. The maximum absolute atomic E-state index is 5.36. The second-order valence-electron chi connectivity index (χ2n) is 4.15. The number of hydrogen-bond acceptors (Lipinski definition) is 4. The van der Waals surface area contributed by atoms with Crippen molar-refractivity contribution in [1.82, 2.24) is 9.97 Å². The molecule has 0 amide bonds. The van der Waals surface area contributed by atoms with E-state index in [1.165, 1.54) is 0 Å². The van der Waals surface area contributed by atoms with E-state index in [1.807, 2.05) is 18.2 Å². The zero-order valence-corrected chi connectivity index (χ0v) is 12.1. The number of ether oxygens (including phenoxy) is 1. The zero-order chi connectivity index (χ0) is 12.5. The number of hydrogen-bond donors (Lipinski definition) is 1. The predicted molar refractivity (Wildman–Crippen MR) is 77.7 cm³/mol. The molecule has 1 aliphatic heterocycles. The van der Waals surface area contributed by atoms with E-state index in [4.69, 9.17) is 17.0 Å². The summed E-state index contributed by atoms with van der Waals surface area (Å²) in [5, 5.41) is 0.969. The highest BCUT2D eigenvalue weighted by Gasteiger charge is 2.13. The van der Waals surface area contributed by atoms with Gasteiger partial charge < -0.3 is 14.6 Å². The van der Waals surface area contributed by atoms with Crippen molar-refractivity contribution in [2.45, 2.75) is 0 Å². The molecule has 0 saturated carbocycles. The summed E-state index contributed by atoms with van der Waals surface area (Å²) in [7, 11) is 0. The molecule has 1 aromatic carbocycles. The van der Waals surface area contributed by atoms with Crippen LogP contribution < -0.4 is 4.90 Å². The summed E-state index contributed by atoms with van der Waals surface area (Å²) in [4.78, 5) is 9.98. The first kappa shape index (κ1) is 12.1. The van der Waals surface area contributed by atoms with Gasteiger partial charge in [0.2, 0.25) is 5.95 Å². The van der Waals surface area contributed by atoms with Crippen LogP contribution in [-0.4, -0.2) is 36.3 Å². The number of benzene rings is 1. The second kappa shape index (κ2) is 4.95. The van der Waals surface area contributed by atoms with E-state index in [2.05, 4.69) is 30.8 Å². The highest BCUT2D eigenvalue weighted by Crippen LogP contribution is 2.21. The third-order valence-corrected chi connectivity index (χ3v) is 3.78. The lowest BCUT2D eigenvalue weighted by molar-refractivity contribution is 0.122. The van der Waals surface area contributed by atoms with E-state index < -0.39 is 0 Å². The summed E-state index contributed by atoms with van der Waals surface area (Å²) in [6.45, 7) is 3.17. The number of nitrogens with zero attached hydrogens (tertiary/aromatic N) is 2. The molecule has 2 aromatic rings. The van der Waals surface area contributed by atoms with Gasteiger partial charge in [-0.2, -0.15) is 0 Å². The van der Waals surface area contributed by atoms with Crippen LogP contribution in [0.25, 0.3) is 10.9 Å². The van der Waals surface area contributed by atoms with Crippen molar-refractivity contribution in [3.05, 3.63) is 27.3 Å². The molecule has 1 saturated heterocycles. The van der Waals surface area contributed by atoms with E-state index in [9.17, 15) is 0 Å². The van der Waals surface area contributed by atoms with Crippen LogP contribution in [0, 0.1) is 4.64 Å². The monoisotopic (exact) mass is 325 g/mol. The molecule has 1 aliphatic rings. The van der Waals surface area contributed by atoms with Crippen molar-refractivity contribution in [2.24, 2.45) is 0 Å². The van der Waals surface area contributed by atoms with Crippen LogP contribution in [0.2, 0.25) is 0 Å². The van der Waals surface area contributed by atoms with Gasteiger partial charge in [-0.15, -0.1) is 0 Å². The topological polar surface area (TPSA) is 41.2 Å². The summed E-state index contributed by atoms with van der Waals surface area (Å²) in [6.07, 6.45) is 0. The molecule has 0 spiro atoms. The Bertz CT molecular complexity index is 637. The van der Waals surface area contributed by atoms with Crippen molar-refractivity contribution in [3.8, 4) is 0 Å². The number of halogens is 1. The molecular formula is C12H12BrN3OS. The van der Waals surface area contributed by atoms with Gasteiger partial charge in [0, 0.05) is 22.9 Å². The number of anilines is 1. The molecule has 3 rings (SSSR count). The minimum Gasteiger partial charge on any atom is -0.378 e. The van der Waals surface area contributed by atoms with Crippen LogP contribution >= 0.6 is 28.1 Å². The standard InChI is InChI=1S/C12H12BrN3OS/c13-8-1-2-10-9(7-8)11(18)15-12(14-10)16-3-5-17-6-4-16/h1-2,7H,3-6H2,(H,14,15,18). The summed E-state index contributed by atoms with van der Waals surface area (Å²) >= 11 is 8.81. The highest BCUT2D eigenvalue weighted by molar-refractivity contribution is 9.10. The fourth-order valence-electron chi connectivity index (χ4n) is 2.03. The third-order valence-electron chi connectivity index (χ3n) is 2.98. The first-order chi connectivity index (χ1) is 8.74. The number of aromatic nitrogens is 2. The van der Waals surface area contributed by atoms with Gasteiger partial charge in [-0.05, 0) is 18.2 Å². The van der Waals surface area contributed by atoms with Gasteiger partial charge in [-0.3, -0.25) is 0 Å². The maximum Gasteiger partial charge on any atom is 0.204 e. The molecule has 0 aliphatic carbocycles. The lowest BCUT2D eigenvalue weighted by Crippen LogP contribution is -2.37. The Morgan fingerprint density at radius 3 is 2.89 bits per heavy atom. The summed E-state index contributed by atoms with van der Waals surface area (Å²) in [5.41, 5.74) is 1.01. The van der Waals surface area contributed by atoms with Gasteiger partial charge in [0.1, 0.15) is 4.64 Å². The predicted octanol–water partition coefficient (Wildman–Crippen LogP) is 2.89. The van der Waals surface area contributed by atoms with E-state index in [0.29, 0.717) is 4.64 Å². The van der Waals surface area contributed by atoms with E-state index >= 15 is 0 Å². The smallest absolute Gasteiger partial charge is 0.204 e. The number of rotatable bonds is 1. The lowest BCUT2D eigenvalue weighted by atomic mass is 10.2. The lowest BCUT2D eigenvalue weighted by Gasteiger charge is -2.27. The molecule has 6 heteroatoms. The van der Waals surface area contributed by atoms with Gasteiger partial charge in [0.05, 0.1) is 18.7 Å². The largest absolute Gasteiger partial charge is 0.378 e. The Labute approximate surface area is 118 Å². The SMILES string of the molecule is S=c1nc(N2CCOCC2)[nH]c2ccc(Br)cc12. The van der Waals surface area contributed by atoms with Crippen LogP contribution in [0.5, 0.6) is 0 Å². The number of nitrogens with one attached hydrogen (secondary N) is 1. The zero-order valence-electron chi connectivity index (χ0n) is 9.65. The molecular weight excluding hydrogens is 314 g/mol. The van der Waals surface area contributed by atoms with Gasteiger partial charge in [-0.25, -0.2) is 4.98 Å². The number of aromatic amines is 1. The molecule has 0 radical (unpaired) electrons. The average molecular weight is 326 g/mol. The fourth-order valence-corrected chi connectivity index (χ4v) is 2.65. The van der Waals surface area contributed by atoms with Crippen LogP contribution in [0.15, 0.2) is 22.7 Å². The van der Waals surface area contributed by atoms with Gasteiger partial charge >= 0.3 is 0 Å². The molecule has 4 nitrogen and oxygen atoms in total. The third kappa shape index (κ3) is 2.28. The van der Waals surface area contributed by atoms with Crippen LogP contribution in [0.4, 0.5) is 5.95 Å². The van der Waals surface area contributed by atoms with E-state index in [0.717, 1.165) is 47.6 Å². The molecule has 0 unspecified atom stereocenters. The first-order valence-electron chi connectivity index (χ1n) is 5.76. The van der Waals surface area contributed by atoms with E-state index in [1.54, 1.807) is 0 Å². The minimum absolute atomic E-state index is 0.631. The van der Waals surface area contributed by atoms with Gasteiger partial charge in [0.25, 0.3) is 0 Å². The number of fused-ring (bicyclic) bond motifs is 1. The normalized spacial score (nSPS) is 16.2. The molecule has 1 N–H and O–H groups in total. The Hall–Kier alpha value is -0.980. The Balaban J connectivity index is 2.09. The van der Waals surface area contributed by atoms with Gasteiger partial charge in [-0.1, -0.05) is 28.1 Å². The van der Waals surface area contributed by atoms with Gasteiger partial charge in [0.15, 0.2) is 0 Å². The van der Waals surface area contributed by atoms with Crippen LogP contribution in [0.3, 0.4) is 0 Å². The summed E-state index contributed by atoms with van der Waals surface area (Å²) in [5.74, 6) is 0.832. The minimum atomic E-state index is 0.631. The summed E-state index contributed by atoms with van der Waals surface area (Å²) < 4.78 is 6.98. The van der Waals surface area contributed by atoms with E-state index in [-0.39, 0.29) is 0 Å². The maximum atomic E-state index is 5.36. The molecule has 94 valence electrons. The summed E-state index contributed by atoms with van der Waals surface area (Å²) in [6, 6.07) is 6.00. The molecule has 2 heterocycles. The van der Waals surface area contributed by atoms with Crippen molar-refractivity contribution >= 4 is 45.0 Å². The second-order valence-corrected chi connectivity index (χ2v) is 5.46.